The number of aromatic nitrogens is 4. The molecule has 0 aliphatic carbocycles. The molecular weight excluding hydrogens is 264 g/mol. The minimum absolute atomic E-state index is 0.271. The molecule has 3 amide bonds. The molecule has 9 heteroatoms. The Kier molecular flexibility index (Phi) is 4.22. The lowest BCUT2D eigenvalue weighted by atomic mass is 10.3. The van der Waals surface area contributed by atoms with E-state index in [1.807, 2.05) is 0 Å². The van der Waals surface area contributed by atoms with E-state index in [9.17, 15) is 9.59 Å². The number of tetrazole rings is 1. The molecule has 0 unspecified atom stereocenters. The third-order valence-corrected chi connectivity index (χ3v) is 2.28. The monoisotopic (exact) mass is 276 g/mol. The topological polar surface area (TPSA) is 111 Å². The van der Waals surface area contributed by atoms with E-state index < -0.39 is 11.9 Å². The van der Waals surface area contributed by atoms with Crippen molar-refractivity contribution < 1.29 is 14.3 Å². The predicted octanol–water partition coefficient (Wildman–Crippen LogP) is -0.503. The Bertz CT molecular complexity index is 598. The number of ether oxygens (including phenoxy) is 1. The lowest BCUT2D eigenvalue weighted by Gasteiger charge is -2.07. The molecule has 104 valence electrons. The molecule has 20 heavy (non-hydrogen) atoms. The number of rotatable bonds is 4. The Morgan fingerprint density at radius 3 is 2.95 bits per heavy atom. The van der Waals surface area contributed by atoms with Gasteiger partial charge in [-0.25, -0.2) is 9.48 Å². The summed E-state index contributed by atoms with van der Waals surface area (Å²) >= 11 is 0. The van der Waals surface area contributed by atoms with Crippen molar-refractivity contribution in [3.63, 3.8) is 0 Å². The molecule has 0 atom stereocenters. The third-order valence-electron chi connectivity index (χ3n) is 2.28. The number of carbonyl (C=O) groups excluding carboxylic acids is 2. The van der Waals surface area contributed by atoms with E-state index in [1.54, 1.807) is 24.3 Å². The van der Waals surface area contributed by atoms with Crippen LogP contribution in [0.4, 0.5) is 4.79 Å². The molecule has 2 rings (SSSR count). The molecular formula is C11H12N6O3. The van der Waals surface area contributed by atoms with Gasteiger partial charge in [0, 0.05) is 13.1 Å². The highest BCUT2D eigenvalue weighted by molar-refractivity contribution is 5.94. The van der Waals surface area contributed by atoms with Crippen molar-refractivity contribution >= 4 is 11.9 Å². The van der Waals surface area contributed by atoms with Gasteiger partial charge < -0.3 is 10.1 Å². The molecule has 0 saturated carbocycles. The second kappa shape index (κ2) is 6.27. The normalized spacial score (nSPS) is 9.85. The van der Waals surface area contributed by atoms with Gasteiger partial charge in [-0.1, -0.05) is 6.07 Å². The van der Waals surface area contributed by atoms with Gasteiger partial charge in [-0.3, -0.25) is 10.1 Å². The Hall–Kier alpha value is -2.97. The summed E-state index contributed by atoms with van der Waals surface area (Å²) in [5, 5.41) is 15.2. The fraction of sp³-hybridized carbons (Fsp3) is 0.182. The average molecular weight is 276 g/mol. The molecule has 9 nitrogen and oxygen atoms in total. The number of benzene rings is 1. The lowest BCUT2D eigenvalue weighted by Crippen LogP contribution is -2.39. The van der Waals surface area contributed by atoms with Crippen molar-refractivity contribution in [3.05, 3.63) is 30.6 Å². The summed E-state index contributed by atoms with van der Waals surface area (Å²) in [6.07, 6.45) is 1.44. The molecule has 0 saturated heterocycles. The zero-order valence-electron chi connectivity index (χ0n) is 10.6. The van der Waals surface area contributed by atoms with Gasteiger partial charge in [0.1, 0.15) is 12.1 Å². The average Bonchev–Trinajstić information content (AvgIpc) is 2.99. The summed E-state index contributed by atoms with van der Waals surface area (Å²) in [7, 11) is 1.42. The Morgan fingerprint density at radius 2 is 2.25 bits per heavy atom. The number of carbonyl (C=O) groups is 2. The fourth-order valence-electron chi connectivity index (χ4n) is 1.37. The fourth-order valence-corrected chi connectivity index (χ4v) is 1.37. The lowest BCUT2D eigenvalue weighted by molar-refractivity contribution is -0.122. The molecule has 0 aliphatic rings. The number of imide groups is 1. The standard InChI is InChI=1S/C11H12N6O3/c1-12-11(19)14-10(18)6-20-9-4-2-3-8(5-9)17-7-13-15-16-17/h2-5,7H,6H2,1H3,(H2,12,14,18,19). The van der Waals surface area contributed by atoms with Gasteiger partial charge in [0.25, 0.3) is 5.91 Å². The quantitative estimate of drug-likeness (QED) is 0.778. The predicted molar refractivity (Wildman–Crippen MR) is 67.2 cm³/mol. The van der Waals surface area contributed by atoms with E-state index in [1.165, 1.54) is 18.1 Å². The molecule has 0 bridgehead atoms. The van der Waals surface area contributed by atoms with Crippen molar-refractivity contribution in [2.45, 2.75) is 0 Å². The van der Waals surface area contributed by atoms with Gasteiger partial charge in [-0.2, -0.15) is 0 Å². The second-order valence-electron chi connectivity index (χ2n) is 3.67. The van der Waals surface area contributed by atoms with Crippen molar-refractivity contribution in [3.8, 4) is 11.4 Å². The van der Waals surface area contributed by atoms with Crippen LogP contribution in [-0.2, 0) is 4.79 Å². The van der Waals surface area contributed by atoms with Gasteiger partial charge in [-0.05, 0) is 22.6 Å². The van der Waals surface area contributed by atoms with Crippen LogP contribution in [0.25, 0.3) is 5.69 Å². The first-order valence-corrected chi connectivity index (χ1v) is 5.67. The Balaban J connectivity index is 1.95. The van der Waals surface area contributed by atoms with Crippen LogP contribution in [0.15, 0.2) is 30.6 Å². The van der Waals surface area contributed by atoms with E-state index in [2.05, 4.69) is 26.2 Å². The van der Waals surface area contributed by atoms with Crippen LogP contribution in [0.1, 0.15) is 0 Å². The highest BCUT2D eigenvalue weighted by Gasteiger charge is 2.07. The van der Waals surface area contributed by atoms with Gasteiger partial charge in [0.15, 0.2) is 6.61 Å². The van der Waals surface area contributed by atoms with E-state index >= 15 is 0 Å². The molecule has 1 heterocycles. The molecule has 2 aromatic rings. The van der Waals surface area contributed by atoms with Crippen molar-refractivity contribution in [2.75, 3.05) is 13.7 Å². The maximum Gasteiger partial charge on any atom is 0.321 e. The summed E-state index contributed by atoms with van der Waals surface area (Å²) in [4.78, 5) is 22.3. The molecule has 0 radical (unpaired) electrons. The summed E-state index contributed by atoms with van der Waals surface area (Å²) in [6.45, 7) is -0.271. The number of hydrogen-bond acceptors (Lipinski definition) is 6. The molecule has 1 aromatic carbocycles. The Morgan fingerprint density at radius 1 is 1.40 bits per heavy atom. The zero-order valence-corrected chi connectivity index (χ0v) is 10.6. The van der Waals surface area contributed by atoms with Crippen LogP contribution in [0, 0.1) is 0 Å². The van der Waals surface area contributed by atoms with Crippen molar-refractivity contribution in [2.24, 2.45) is 0 Å². The van der Waals surface area contributed by atoms with E-state index in [0.29, 0.717) is 11.4 Å². The van der Waals surface area contributed by atoms with Crippen LogP contribution in [0.2, 0.25) is 0 Å². The maximum absolute atomic E-state index is 11.4. The third kappa shape index (κ3) is 3.51. The largest absolute Gasteiger partial charge is 0.484 e. The molecule has 2 N–H and O–H groups in total. The number of nitrogens with zero attached hydrogens (tertiary/aromatic N) is 4. The van der Waals surface area contributed by atoms with E-state index in [-0.39, 0.29) is 6.61 Å². The first kappa shape index (κ1) is 13.5. The number of nitrogens with one attached hydrogen (secondary N) is 2. The van der Waals surface area contributed by atoms with Crippen LogP contribution < -0.4 is 15.4 Å². The minimum Gasteiger partial charge on any atom is -0.484 e. The van der Waals surface area contributed by atoms with Crippen LogP contribution in [0.5, 0.6) is 5.75 Å². The first-order chi connectivity index (χ1) is 9.69. The number of urea groups is 1. The zero-order chi connectivity index (χ0) is 14.4. The smallest absolute Gasteiger partial charge is 0.321 e. The van der Waals surface area contributed by atoms with Crippen molar-refractivity contribution in [1.82, 2.24) is 30.8 Å². The highest BCUT2D eigenvalue weighted by atomic mass is 16.5. The first-order valence-electron chi connectivity index (χ1n) is 5.67. The summed E-state index contributed by atoms with van der Waals surface area (Å²) in [6, 6.07) is 6.29. The van der Waals surface area contributed by atoms with E-state index in [4.69, 9.17) is 4.74 Å². The summed E-state index contributed by atoms with van der Waals surface area (Å²) in [5.41, 5.74) is 0.694. The van der Waals surface area contributed by atoms with Gasteiger partial charge in [0.05, 0.1) is 5.69 Å². The second-order valence-corrected chi connectivity index (χ2v) is 3.67. The van der Waals surface area contributed by atoms with E-state index in [0.717, 1.165) is 0 Å². The van der Waals surface area contributed by atoms with Gasteiger partial charge in [-0.15, -0.1) is 5.10 Å². The van der Waals surface area contributed by atoms with Crippen molar-refractivity contribution in [1.29, 1.82) is 0 Å². The highest BCUT2D eigenvalue weighted by Crippen LogP contribution is 2.15. The molecule has 0 fully saturated rings. The van der Waals surface area contributed by atoms with Gasteiger partial charge in [0.2, 0.25) is 0 Å². The Labute approximate surface area is 113 Å². The molecule has 1 aromatic heterocycles. The van der Waals surface area contributed by atoms with Crippen LogP contribution in [-0.4, -0.2) is 45.8 Å². The maximum atomic E-state index is 11.4. The van der Waals surface area contributed by atoms with Gasteiger partial charge >= 0.3 is 6.03 Å². The number of hydrogen-bond donors (Lipinski definition) is 2. The van der Waals surface area contributed by atoms with Crippen LogP contribution >= 0.6 is 0 Å². The summed E-state index contributed by atoms with van der Waals surface area (Å²) in [5.74, 6) is -0.0813. The SMILES string of the molecule is CNC(=O)NC(=O)COc1cccc(-n2cnnn2)c1. The summed E-state index contributed by atoms with van der Waals surface area (Å²) < 4.78 is 6.73. The number of amides is 3. The minimum atomic E-state index is -0.582. The molecule has 0 spiro atoms. The molecule has 0 aliphatic heterocycles. The van der Waals surface area contributed by atoms with Crippen LogP contribution in [0.3, 0.4) is 0 Å².